The van der Waals surface area contributed by atoms with Gasteiger partial charge < -0.3 is 0 Å². The molecule has 0 unspecified atom stereocenters. The van der Waals surface area contributed by atoms with Crippen molar-refractivity contribution in [3.05, 3.63) is 0 Å². The lowest BCUT2D eigenvalue weighted by Gasteiger charge is -3.07. The molecule has 0 radical (unpaired) electrons. The maximum absolute atomic E-state index is 1.56. The summed E-state index contributed by atoms with van der Waals surface area (Å²) >= 11 is 0. The van der Waals surface area contributed by atoms with Gasteiger partial charge in [-0.05, 0) is 46.5 Å². The van der Waals surface area contributed by atoms with Gasteiger partial charge in [-0.3, -0.25) is 0 Å². The van der Waals surface area contributed by atoms with E-state index in [0.29, 0.717) is 0 Å². The largest absolute Gasteiger partial charge is 0.0336 e. The number of hydrogen-bond donors (Lipinski definition) is 0. The van der Waals surface area contributed by atoms with E-state index in [1.807, 2.05) is 0 Å². The van der Waals surface area contributed by atoms with Crippen LogP contribution in [0.3, 0.4) is 0 Å². The van der Waals surface area contributed by atoms with Crippen LogP contribution in [0.5, 0.6) is 0 Å². The summed E-state index contributed by atoms with van der Waals surface area (Å²) in [6.45, 7) is 0. The van der Waals surface area contributed by atoms with Crippen LogP contribution in [0, 0.1) is 41.4 Å². The first-order chi connectivity index (χ1) is 4.37. The molecule has 46 valence electrons. The fourth-order valence-corrected chi connectivity index (χ4v) is 8.32. The third-order valence-corrected chi connectivity index (χ3v) is 7.98. The van der Waals surface area contributed by atoms with Gasteiger partial charge >= 0.3 is 0 Å². The predicted octanol–water partition coefficient (Wildman–Crippen LogP) is -0.108. The Morgan fingerprint density at radius 1 is 0.778 bits per heavy atom. The minimum absolute atomic E-state index is 1.11. The van der Waals surface area contributed by atoms with Crippen LogP contribution in [0.2, 0.25) is 5.04 Å². The van der Waals surface area contributed by atoms with E-state index in [1.54, 1.807) is 10.2 Å². The summed E-state index contributed by atoms with van der Waals surface area (Å²) in [6, 6.07) is 0. The Morgan fingerprint density at radius 2 is 1.22 bits per heavy atom. The third-order valence-electron chi connectivity index (χ3n) is 5.98. The van der Waals surface area contributed by atoms with Gasteiger partial charge in [0.15, 0.2) is 0 Å². The second-order valence-electron chi connectivity index (χ2n) is 5.25. The van der Waals surface area contributed by atoms with Crippen LogP contribution < -0.4 is 0 Å². The van der Waals surface area contributed by atoms with Crippen molar-refractivity contribution in [1.82, 2.24) is 0 Å². The molecular weight excluding hydrogens is 124 g/mol. The highest BCUT2D eigenvalue weighted by atomic mass is 28.1. The lowest BCUT2D eigenvalue weighted by atomic mass is 9.01. The summed E-state index contributed by atoms with van der Waals surface area (Å²) < 4.78 is 0. The summed E-state index contributed by atoms with van der Waals surface area (Å²) in [6.07, 6.45) is 0. The summed E-state index contributed by atoms with van der Waals surface area (Å²) in [5.74, 6) is 9.37. The molecule has 0 saturated heterocycles. The quantitative estimate of drug-likeness (QED) is 0.406. The Morgan fingerprint density at radius 3 is 1.44 bits per heavy atom. The van der Waals surface area contributed by atoms with Crippen molar-refractivity contribution in [2.24, 2.45) is 41.4 Å². The van der Waals surface area contributed by atoms with Crippen molar-refractivity contribution in [2.75, 3.05) is 0 Å². The van der Waals surface area contributed by atoms with Crippen molar-refractivity contribution in [1.29, 1.82) is 0 Å². The van der Waals surface area contributed by atoms with Gasteiger partial charge in [0.2, 0.25) is 0 Å². The Labute approximate surface area is 57.4 Å². The zero-order valence-electron chi connectivity index (χ0n) is 5.54. The molecule has 0 heterocycles. The normalized spacial score (nSPS) is 106. The minimum atomic E-state index is 1.11. The highest BCUT2D eigenvalue weighted by molar-refractivity contribution is 6.20. The molecule has 6 saturated carbocycles. The lowest BCUT2D eigenvalue weighted by molar-refractivity contribution is -0.553. The Balaban J connectivity index is 1.93. The maximum Gasteiger partial charge on any atom is 0.0118 e. The smallest absolute Gasteiger partial charge is 0.0118 e. The molecule has 6 rings (SSSR count). The van der Waals surface area contributed by atoms with Crippen LogP contribution >= 0.6 is 0 Å². The van der Waals surface area contributed by atoms with Crippen LogP contribution in [-0.2, 0) is 0 Å². The molecular formula is C8H10Si. The van der Waals surface area contributed by atoms with Gasteiger partial charge in [-0.25, -0.2) is 0 Å². The third kappa shape index (κ3) is 0.108. The van der Waals surface area contributed by atoms with E-state index < -0.39 is 0 Å². The van der Waals surface area contributed by atoms with Crippen molar-refractivity contribution in [2.45, 2.75) is 5.04 Å². The lowest BCUT2D eigenvalue weighted by Crippen LogP contribution is -3.02. The first kappa shape index (κ1) is 3.56. The number of hydrogen-bond acceptors (Lipinski definition) is 0. The Hall–Kier alpha value is 0.217. The predicted molar refractivity (Wildman–Crippen MR) is 37.1 cm³/mol. The van der Waals surface area contributed by atoms with Crippen molar-refractivity contribution in [3.8, 4) is 0 Å². The fraction of sp³-hybridized carbons (Fsp3) is 1.00. The summed E-state index contributed by atoms with van der Waals surface area (Å²) in [5, 5.41) is 1.11. The van der Waals surface area contributed by atoms with Crippen molar-refractivity contribution >= 4 is 10.2 Å². The van der Waals surface area contributed by atoms with Gasteiger partial charge in [-0.15, -0.1) is 0 Å². The molecule has 0 atom stereocenters. The van der Waals surface area contributed by atoms with Crippen LogP contribution in [0.4, 0.5) is 0 Å². The average Bonchev–Trinajstić information content (AvgIpc) is 1.88. The first-order valence-corrected chi connectivity index (χ1v) is 5.37. The summed E-state index contributed by atoms with van der Waals surface area (Å²) in [4.78, 5) is 0. The standard InChI is InChI=1S/C8H10Si/c9-8-5-2-1-3(5)7(8)4(1)6(2)8/h1-7H,9H3. The van der Waals surface area contributed by atoms with Crippen LogP contribution in [0.1, 0.15) is 0 Å². The van der Waals surface area contributed by atoms with Crippen LogP contribution in [-0.4, -0.2) is 10.2 Å². The fourth-order valence-electron chi connectivity index (χ4n) is 6.01. The van der Waals surface area contributed by atoms with Crippen molar-refractivity contribution in [3.63, 3.8) is 0 Å². The average molecular weight is 134 g/mol. The monoisotopic (exact) mass is 134 g/mol. The molecule has 0 nitrogen and oxygen atoms in total. The molecule has 6 aliphatic rings. The van der Waals surface area contributed by atoms with E-state index in [-0.39, 0.29) is 0 Å². The second kappa shape index (κ2) is 0.578. The molecule has 0 spiro atoms. The molecule has 0 N–H and O–H groups in total. The van der Waals surface area contributed by atoms with E-state index in [1.165, 1.54) is 41.4 Å². The zero-order valence-corrected chi connectivity index (χ0v) is 7.54. The SMILES string of the molecule is [SiH3]C12C3C4C5C3C1C5C42. The van der Waals surface area contributed by atoms with Gasteiger partial charge in [0.05, 0.1) is 0 Å². The summed E-state index contributed by atoms with van der Waals surface area (Å²) in [5.41, 5.74) is 0. The van der Waals surface area contributed by atoms with Gasteiger partial charge in [0.25, 0.3) is 0 Å². The van der Waals surface area contributed by atoms with E-state index in [2.05, 4.69) is 0 Å². The van der Waals surface area contributed by atoms with Crippen LogP contribution in [0.15, 0.2) is 0 Å². The van der Waals surface area contributed by atoms with Gasteiger partial charge in [0, 0.05) is 10.2 Å². The van der Waals surface area contributed by atoms with Gasteiger partial charge in [-0.1, -0.05) is 0 Å². The van der Waals surface area contributed by atoms with E-state index in [4.69, 9.17) is 0 Å². The van der Waals surface area contributed by atoms with E-state index in [9.17, 15) is 0 Å². The topological polar surface area (TPSA) is 0 Å². The molecule has 0 aromatic rings. The van der Waals surface area contributed by atoms with E-state index in [0.717, 1.165) is 5.04 Å². The molecule has 6 fully saturated rings. The molecule has 0 aromatic heterocycles. The van der Waals surface area contributed by atoms with Gasteiger partial charge in [0.1, 0.15) is 0 Å². The first-order valence-electron chi connectivity index (χ1n) is 4.37. The molecule has 0 bridgehead atoms. The highest BCUT2D eigenvalue weighted by Gasteiger charge is 3.02. The van der Waals surface area contributed by atoms with E-state index >= 15 is 0 Å². The summed E-state index contributed by atoms with van der Waals surface area (Å²) in [7, 11) is 1.56. The molecule has 0 aliphatic heterocycles. The maximum atomic E-state index is 1.56. The molecule has 6 aliphatic carbocycles. The zero-order chi connectivity index (χ0) is 5.54. The molecule has 0 amide bonds. The van der Waals surface area contributed by atoms with Gasteiger partial charge in [-0.2, -0.15) is 0 Å². The second-order valence-corrected chi connectivity index (χ2v) is 6.98. The Bertz CT molecular complexity index is 206. The Kier molecular flexibility index (Phi) is 0.229. The van der Waals surface area contributed by atoms with Crippen LogP contribution in [0.25, 0.3) is 0 Å². The molecule has 0 aromatic carbocycles. The minimum Gasteiger partial charge on any atom is -0.0336 e. The van der Waals surface area contributed by atoms with Crippen molar-refractivity contribution < 1.29 is 0 Å². The number of rotatable bonds is 0. The molecule has 9 heavy (non-hydrogen) atoms. The highest BCUT2D eigenvalue weighted by Crippen LogP contribution is 3.08. The molecule has 1 heteroatoms.